The number of piperazine rings is 1. The summed E-state index contributed by atoms with van der Waals surface area (Å²) < 4.78 is 1.84. The highest BCUT2D eigenvalue weighted by atomic mass is 16.1. The SMILES string of the molecule is Cc1ccc(C)c2[nH]c(=O)c([C@@H](c3nnnn3Cc3ccccc3)N3CCN(Cc4ccccc4)CC3)cc12. The van der Waals surface area contributed by atoms with Crippen molar-refractivity contribution in [2.45, 2.75) is 33.0 Å². The second kappa shape index (κ2) is 10.9. The summed E-state index contributed by atoms with van der Waals surface area (Å²) in [4.78, 5) is 21.7. The van der Waals surface area contributed by atoms with Gasteiger partial charge in [0.15, 0.2) is 5.82 Å². The Kier molecular flexibility index (Phi) is 7.04. The maximum atomic E-state index is 13.7. The molecule has 0 spiro atoms. The lowest BCUT2D eigenvalue weighted by molar-refractivity contribution is 0.0998. The summed E-state index contributed by atoms with van der Waals surface area (Å²) in [6, 6.07) is 26.6. The maximum Gasteiger partial charge on any atom is 0.253 e. The van der Waals surface area contributed by atoms with Crippen molar-refractivity contribution >= 4 is 10.9 Å². The molecule has 0 saturated carbocycles. The van der Waals surface area contributed by atoms with E-state index >= 15 is 0 Å². The van der Waals surface area contributed by atoms with Crippen LogP contribution in [-0.2, 0) is 13.1 Å². The third-order valence-corrected chi connectivity index (χ3v) is 7.77. The Morgan fingerprint density at radius 1 is 0.821 bits per heavy atom. The van der Waals surface area contributed by atoms with Crippen LogP contribution in [0.2, 0.25) is 0 Å². The molecule has 1 atom stereocenters. The van der Waals surface area contributed by atoms with Crippen LogP contribution >= 0.6 is 0 Å². The number of tetrazole rings is 1. The minimum atomic E-state index is -0.365. The molecule has 1 N–H and O–H groups in total. The molecule has 1 fully saturated rings. The molecule has 1 aliphatic heterocycles. The van der Waals surface area contributed by atoms with Crippen LogP contribution in [0.25, 0.3) is 10.9 Å². The first-order valence-electron chi connectivity index (χ1n) is 13.5. The number of nitrogens with zero attached hydrogens (tertiary/aromatic N) is 6. The zero-order chi connectivity index (χ0) is 26.8. The van der Waals surface area contributed by atoms with Crippen LogP contribution in [0.4, 0.5) is 0 Å². The number of hydrogen-bond acceptors (Lipinski definition) is 6. The summed E-state index contributed by atoms with van der Waals surface area (Å²) >= 11 is 0. The summed E-state index contributed by atoms with van der Waals surface area (Å²) in [7, 11) is 0. The van der Waals surface area contributed by atoms with Gasteiger partial charge in [-0.25, -0.2) is 4.68 Å². The first-order chi connectivity index (χ1) is 19.1. The Labute approximate surface area is 227 Å². The van der Waals surface area contributed by atoms with E-state index in [4.69, 9.17) is 0 Å². The van der Waals surface area contributed by atoms with E-state index in [1.165, 1.54) is 5.56 Å². The Balaban J connectivity index is 1.37. The van der Waals surface area contributed by atoms with Crippen molar-refractivity contribution in [2.24, 2.45) is 0 Å². The average molecular weight is 520 g/mol. The number of nitrogens with one attached hydrogen (secondary N) is 1. The van der Waals surface area contributed by atoms with E-state index in [0.29, 0.717) is 17.9 Å². The van der Waals surface area contributed by atoms with Crippen molar-refractivity contribution in [3.05, 3.63) is 123 Å². The second-order valence-corrected chi connectivity index (χ2v) is 10.4. The molecule has 1 aliphatic rings. The van der Waals surface area contributed by atoms with Gasteiger partial charge in [0.2, 0.25) is 0 Å². The normalized spacial score (nSPS) is 15.5. The van der Waals surface area contributed by atoms with Crippen LogP contribution in [0.1, 0.15) is 39.7 Å². The van der Waals surface area contributed by atoms with Crippen molar-refractivity contribution in [1.29, 1.82) is 0 Å². The number of aromatic amines is 1. The topological polar surface area (TPSA) is 82.9 Å². The number of fused-ring (bicyclic) bond motifs is 1. The molecule has 3 heterocycles. The Hall–Kier alpha value is -4.14. The van der Waals surface area contributed by atoms with Crippen LogP contribution in [0.3, 0.4) is 0 Å². The number of pyridine rings is 1. The fraction of sp³-hybridized carbons (Fsp3) is 0.290. The van der Waals surface area contributed by atoms with Crippen molar-refractivity contribution in [3.63, 3.8) is 0 Å². The Bertz CT molecular complexity index is 1620. The van der Waals surface area contributed by atoms with Gasteiger partial charge in [-0.05, 0) is 52.6 Å². The Morgan fingerprint density at radius 3 is 2.15 bits per heavy atom. The highest BCUT2D eigenvalue weighted by molar-refractivity contribution is 5.85. The molecule has 0 aliphatic carbocycles. The van der Waals surface area contributed by atoms with E-state index in [0.717, 1.165) is 60.3 Å². The lowest BCUT2D eigenvalue weighted by Crippen LogP contribution is -2.48. The minimum Gasteiger partial charge on any atom is -0.321 e. The van der Waals surface area contributed by atoms with Gasteiger partial charge >= 0.3 is 0 Å². The minimum absolute atomic E-state index is 0.0952. The monoisotopic (exact) mass is 519 g/mol. The van der Waals surface area contributed by atoms with Crippen LogP contribution in [0, 0.1) is 13.8 Å². The highest BCUT2D eigenvalue weighted by Gasteiger charge is 2.33. The van der Waals surface area contributed by atoms with Gasteiger partial charge in [0.05, 0.1) is 12.1 Å². The average Bonchev–Trinajstić information content (AvgIpc) is 3.41. The molecule has 3 aromatic carbocycles. The number of aryl methyl sites for hydroxylation is 2. The zero-order valence-corrected chi connectivity index (χ0v) is 22.4. The van der Waals surface area contributed by atoms with E-state index in [1.54, 1.807) is 0 Å². The van der Waals surface area contributed by atoms with E-state index < -0.39 is 0 Å². The van der Waals surface area contributed by atoms with Gasteiger partial charge in [0.25, 0.3) is 5.56 Å². The first kappa shape index (κ1) is 25.2. The fourth-order valence-electron chi connectivity index (χ4n) is 5.59. The molecule has 0 bridgehead atoms. The third kappa shape index (κ3) is 5.26. The molecule has 0 amide bonds. The van der Waals surface area contributed by atoms with Gasteiger partial charge < -0.3 is 4.98 Å². The summed E-state index contributed by atoms with van der Waals surface area (Å²) in [6.07, 6.45) is 0. The molecule has 0 radical (unpaired) electrons. The highest BCUT2D eigenvalue weighted by Crippen LogP contribution is 2.30. The summed E-state index contributed by atoms with van der Waals surface area (Å²) in [5, 5.41) is 14.0. The lowest BCUT2D eigenvalue weighted by Gasteiger charge is -2.38. The van der Waals surface area contributed by atoms with Crippen LogP contribution in [0.5, 0.6) is 0 Å². The first-order valence-corrected chi connectivity index (χ1v) is 13.5. The van der Waals surface area contributed by atoms with E-state index in [-0.39, 0.29) is 11.6 Å². The number of hydrogen-bond donors (Lipinski definition) is 1. The van der Waals surface area contributed by atoms with Gasteiger partial charge in [0.1, 0.15) is 6.04 Å². The number of rotatable bonds is 7. The predicted octanol–water partition coefficient (Wildman–Crippen LogP) is 4.09. The van der Waals surface area contributed by atoms with E-state index in [9.17, 15) is 4.79 Å². The molecular weight excluding hydrogens is 486 g/mol. The van der Waals surface area contributed by atoms with Crippen LogP contribution in [0.15, 0.2) is 83.7 Å². The van der Waals surface area contributed by atoms with Gasteiger partial charge in [-0.15, -0.1) is 5.10 Å². The smallest absolute Gasteiger partial charge is 0.253 e. The summed E-state index contributed by atoms with van der Waals surface area (Å²) in [6.45, 7) is 8.98. The summed E-state index contributed by atoms with van der Waals surface area (Å²) in [5.41, 5.74) is 6.07. The van der Waals surface area contributed by atoms with Gasteiger partial charge in [-0.1, -0.05) is 72.8 Å². The van der Waals surface area contributed by atoms with Gasteiger partial charge in [0, 0.05) is 43.7 Å². The molecule has 39 heavy (non-hydrogen) atoms. The molecule has 198 valence electrons. The Morgan fingerprint density at radius 2 is 1.46 bits per heavy atom. The molecule has 6 rings (SSSR count). The van der Waals surface area contributed by atoms with Gasteiger partial charge in [-0.3, -0.25) is 14.6 Å². The standard InChI is InChI=1S/C31H33N7O/c1-22-13-14-23(2)28-26(22)19-27(31(39)32-28)29(30-33-34-35-38(30)21-25-11-7-4-8-12-25)37-17-15-36(16-18-37)20-24-9-5-3-6-10-24/h3-14,19,29H,15-18,20-21H2,1-2H3,(H,32,39)/t29-/m0/s1. The number of aromatic nitrogens is 5. The second-order valence-electron chi connectivity index (χ2n) is 10.4. The molecule has 0 unspecified atom stereocenters. The number of benzene rings is 3. The molecule has 5 aromatic rings. The van der Waals surface area contributed by atoms with Crippen molar-refractivity contribution < 1.29 is 0 Å². The lowest BCUT2D eigenvalue weighted by atomic mass is 9.99. The zero-order valence-electron chi connectivity index (χ0n) is 22.4. The molecule has 2 aromatic heterocycles. The van der Waals surface area contributed by atoms with E-state index in [2.05, 4.69) is 97.9 Å². The van der Waals surface area contributed by atoms with Crippen LogP contribution in [-0.4, -0.2) is 61.2 Å². The molecular formula is C31H33N7O. The van der Waals surface area contributed by atoms with Crippen LogP contribution < -0.4 is 5.56 Å². The predicted molar refractivity (Wildman–Crippen MR) is 153 cm³/mol. The van der Waals surface area contributed by atoms with Crippen molar-refractivity contribution in [2.75, 3.05) is 26.2 Å². The van der Waals surface area contributed by atoms with Crippen molar-refractivity contribution in [1.82, 2.24) is 35.0 Å². The third-order valence-electron chi connectivity index (χ3n) is 7.77. The largest absolute Gasteiger partial charge is 0.321 e. The van der Waals surface area contributed by atoms with E-state index in [1.807, 2.05) is 29.8 Å². The quantitative estimate of drug-likeness (QED) is 0.349. The number of H-pyrrole nitrogens is 1. The molecule has 8 heteroatoms. The summed E-state index contributed by atoms with van der Waals surface area (Å²) in [5.74, 6) is 0.686. The molecule has 8 nitrogen and oxygen atoms in total. The molecule has 1 saturated heterocycles. The fourth-order valence-corrected chi connectivity index (χ4v) is 5.59. The van der Waals surface area contributed by atoms with Crippen molar-refractivity contribution in [3.8, 4) is 0 Å². The van der Waals surface area contributed by atoms with Gasteiger partial charge in [-0.2, -0.15) is 0 Å². The maximum absolute atomic E-state index is 13.7.